The van der Waals surface area contributed by atoms with Crippen molar-refractivity contribution in [2.75, 3.05) is 0 Å². The molecule has 2 aromatic rings. The number of benzene rings is 2. The van der Waals surface area contributed by atoms with Crippen LogP contribution >= 0.6 is 0 Å². The van der Waals surface area contributed by atoms with Crippen LogP contribution in [-0.4, -0.2) is 13.0 Å². The third-order valence-corrected chi connectivity index (χ3v) is 5.33. The largest absolute Gasteiger partial charge is 1.00 e. The maximum Gasteiger partial charge on any atom is 1.00 e. The molecule has 0 aliphatic heterocycles. The van der Waals surface area contributed by atoms with Crippen LogP contribution in [0.5, 0.6) is 17.2 Å². The fraction of sp³-hybridized carbons (Fsp3) is 0.429. The fourth-order valence-corrected chi connectivity index (χ4v) is 3.58. The molecule has 0 atom stereocenters. The number of para-hydroxylation sites is 1. The molecule has 28 heavy (non-hydrogen) atoms. The second-order valence-electron chi connectivity index (χ2n) is 6.66. The molecule has 0 saturated heterocycles. The van der Waals surface area contributed by atoms with Gasteiger partial charge in [-0.25, -0.2) is 0 Å². The Labute approximate surface area is 190 Å². The summed E-state index contributed by atoms with van der Waals surface area (Å²) in [6.07, 6.45) is 9.20. The Kier molecular flexibility index (Phi) is 11.2. The molecular formula is C21H27NaO5S. The average Bonchev–Trinajstić information content (AvgIpc) is 2.61. The molecule has 2 aromatic carbocycles. The van der Waals surface area contributed by atoms with Crippen molar-refractivity contribution in [1.82, 2.24) is 0 Å². The number of unbranched alkanes of at least 4 members (excludes halogenated alkanes) is 6. The van der Waals surface area contributed by atoms with Gasteiger partial charge in [-0.3, -0.25) is 4.55 Å². The summed E-state index contributed by atoms with van der Waals surface area (Å²) < 4.78 is 38.1. The van der Waals surface area contributed by atoms with E-state index in [9.17, 15) is 18.1 Å². The molecule has 148 valence electrons. The Hall–Kier alpha value is -1.05. The Bertz CT molecular complexity index is 836. The molecule has 0 bridgehead atoms. The zero-order chi connectivity index (χ0) is 19.7. The summed E-state index contributed by atoms with van der Waals surface area (Å²) in [5, 5.41) is 11.6. The van der Waals surface area contributed by atoms with Crippen molar-refractivity contribution in [3.8, 4) is 17.2 Å². The van der Waals surface area contributed by atoms with Crippen molar-refractivity contribution < 1.29 is 52.4 Å². The first-order valence-corrected chi connectivity index (χ1v) is 10.9. The van der Waals surface area contributed by atoms with E-state index in [0.717, 1.165) is 43.0 Å². The van der Waals surface area contributed by atoms with Gasteiger partial charge in [-0.15, -0.1) is 5.75 Å². The van der Waals surface area contributed by atoms with Gasteiger partial charge in [-0.2, -0.15) is 8.42 Å². The van der Waals surface area contributed by atoms with E-state index in [2.05, 4.69) is 6.92 Å². The molecule has 7 heteroatoms. The number of aryl methyl sites for hydroxylation is 1. The molecule has 2 rings (SSSR count). The van der Waals surface area contributed by atoms with Gasteiger partial charge in [0.25, 0.3) is 10.1 Å². The quantitative estimate of drug-likeness (QED) is 0.346. The van der Waals surface area contributed by atoms with Gasteiger partial charge in [0, 0.05) is 0 Å². The first kappa shape index (κ1) is 25.0. The van der Waals surface area contributed by atoms with E-state index in [1.807, 2.05) is 12.1 Å². The first-order valence-electron chi connectivity index (χ1n) is 9.46. The molecule has 1 N–H and O–H groups in total. The molecule has 0 spiro atoms. The van der Waals surface area contributed by atoms with Gasteiger partial charge in [0.1, 0.15) is 16.4 Å². The van der Waals surface area contributed by atoms with Crippen LogP contribution in [0.25, 0.3) is 0 Å². The van der Waals surface area contributed by atoms with Crippen LogP contribution in [0.1, 0.15) is 57.4 Å². The molecule has 0 radical (unpaired) electrons. The fourth-order valence-electron chi connectivity index (χ4n) is 2.98. The number of hydrogen-bond acceptors (Lipinski definition) is 4. The van der Waals surface area contributed by atoms with Crippen LogP contribution in [0.3, 0.4) is 0 Å². The zero-order valence-electron chi connectivity index (χ0n) is 16.7. The normalized spacial score (nSPS) is 11.1. The maximum absolute atomic E-state index is 11.6. The van der Waals surface area contributed by atoms with Crippen molar-refractivity contribution in [3.63, 3.8) is 0 Å². The summed E-state index contributed by atoms with van der Waals surface area (Å²) in [7, 11) is -4.48. The van der Waals surface area contributed by atoms with Crippen molar-refractivity contribution in [1.29, 1.82) is 0 Å². The van der Waals surface area contributed by atoms with Crippen LogP contribution in [0, 0.1) is 0 Å². The van der Waals surface area contributed by atoms with Crippen LogP contribution in [-0.2, 0) is 16.5 Å². The molecule has 0 aliphatic rings. The molecule has 0 unspecified atom stereocenters. The summed E-state index contributed by atoms with van der Waals surface area (Å²) in [4.78, 5) is -0.409. The van der Waals surface area contributed by atoms with E-state index in [0.29, 0.717) is 5.75 Å². The molecule has 0 aromatic heterocycles. The van der Waals surface area contributed by atoms with Crippen LogP contribution in [0.2, 0.25) is 0 Å². The molecule has 0 saturated carbocycles. The van der Waals surface area contributed by atoms with Crippen LogP contribution < -0.4 is 39.4 Å². The number of rotatable bonds is 11. The van der Waals surface area contributed by atoms with Gasteiger partial charge < -0.3 is 9.84 Å². The van der Waals surface area contributed by atoms with Crippen molar-refractivity contribution >= 4 is 10.1 Å². The van der Waals surface area contributed by atoms with Gasteiger partial charge >= 0.3 is 29.6 Å². The second-order valence-corrected chi connectivity index (χ2v) is 8.05. The third kappa shape index (κ3) is 8.13. The van der Waals surface area contributed by atoms with Crippen LogP contribution in [0.4, 0.5) is 0 Å². The predicted octanol–water partition coefficient (Wildman–Crippen LogP) is 2.10. The average molecular weight is 414 g/mol. The molecule has 0 fully saturated rings. The predicted molar refractivity (Wildman–Crippen MR) is 104 cm³/mol. The Balaban J connectivity index is 0.00000392. The monoisotopic (exact) mass is 414 g/mol. The minimum atomic E-state index is -4.48. The summed E-state index contributed by atoms with van der Waals surface area (Å²) in [6, 6.07) is 10.6. The first-order chi connectivity index (χ1) is 12.9. The van der Waals surface area contributed by atoms with Crippen LogP contribution in [0.15, 0.2) is 47.4 Å². The SMILES string of the molecule is CCCCCCCCCc1ccccc1Oc1cc([O-])ccc1S(=O)(=O)O.[Na+]. The molecule has 0 heterocycles. The van der Waals surface area contributed by atoms with Gasteiger partial charge in [-0.1, -0.05) is 69.7 Å². The summed E-state index contributed by atoms with van der Waals surface area (Å²) in [5.41, 5.74) is 0.948. The number of hydrogen-bond donors (Lipinski definition) is 1. The summed E-state index contributed by atoms with van der Waals surface area (Å²) in [5.74, 6) is -0.0436. The van der Waals surface area contributed by atoms with E-state index in [1.165, 1.54) is 32.1 Å². The topological polar surface area (TPSA) is 86.7 Å². The maximum atomic E-state index is 11.6. The third-order valence-electron chi connectivity index (χ3n) is 4.44. The zero-order valence-corrected chi connectivity index (χ0v) is 19.5. The Morgan fingerprint density at radius 1 is 0.929 bits per heavy atom. The van der Waals surface area contributed by atoms with Crippen molar-refractivity contribution in [2.24, 2.45) is 0 Å². The van der Waals surface area contributed by atoms with Crippen molar-refractivity contribution in [2.45, 2.75) is 63.2 Å². The molecule has 0 aliphatic carbocycles. The smallest absolute Gasteiger partial charge is 0.872 e. The van der Waals surface area contributed by atoms with E-state index >= 15 is 0 Å². The van der Waals surface area contributed by atoms with E-state index in [4.69, 9.17) is 4.74 Å². The van der Waals surface area contributed by atoms with E-state index in [-0.39, 0.29) is 41.1 Å². The minimum Gasteiger partial charge on any atom is -0.872 e. The summed E-state index contributed by atoms with van der Waals surface area (Å²) in [6.45, 7) is 2.20. The van der Waals surface area contributed by atoms with Gasteiger partial charge in [0.05, 0.1) is 0 Å². The Morgan fingerprint density at radius 2 is 1.57 bits per heavy atom. The van der Waals surface area contributed by atoms with E-state index < -0.39 is 15.0 Å². The molecule has 0 amide bonds. The van der Waals surface area contributed by atoms with Crippen molar-refractivity contribution in [3.05, 3.63) is 48.0 Å². The Morgan fingerprint density at radius 3 is 2.25 bits per heavy atom. The standard InChI is InChI=1S/C21H28O5S.Na/c1-2-3-4-5-6-7-8-11-17-12-9-10-13-19(17)26-20-16-18(22)14-15-21(20)27(23,24)25;/h9-10,12-16,22H,2-8,11H2,1H3,(H,23,24,25);/q;+1/p-1. The molecule has 5 nitrogen and oxygen atoms in total. The van der Waals surface area contributed by atoms with Gasteiger partial charge in [0.2, 0.25) is 0 Å². The summed E-state index contributed by atoms with van der Waals surface area (Å²) >= 11 is 0. The van der Waals surface area contributed by atoms with Gasteiger partial charge in [-0.05, 0) is 36.6 Å². The molecular weight excluding hydrogens is 387 g/mol. The second kappa shape index (κ2) is 12.5. The minimum absolute atomic E-state index is 0. The van der Waals surface area contributed by atoms with Gasteiger partial charge in [0.15, 0.2) is 0 Å². The van der Waals surface area contributed by atoms with E-state index in [1.54, 1.807) is 12.1 Å². The number of ether oxygens (including phenoxy) is 1.